The van der Waals surface area contributed by atoms with E-state index >= 15 is 0 Å². The zero-order valence-corrected chi connectivity index (χ0v) is 13.5. The van der Waals surface area contributed by atoms with Gasteiger partial charge < -0.3 is 9.64 Å². The molecule has 21 heavy (non-hydrogen) atoms. The second-order valence-corrected chi connectivity index (χ2v) is 7.56. The molecule has 118 valence electrons. The molecule has 0 atom stereocenters. The van der Waals surface area contributed by atoms with Crippen LogP contribution in [0.25, 0.3) is 0 Å². The lowest BCUT2D eigenvalue weighted by atomic mass is 10.2. The van der Waals surface area contributed by atoms with Crippen molar-refractivity contribution in [3.05, 3.63) is 24.0 Å². The van der Waals surface area contributed by atoms with Crippen LogP contribution in [-0.4, -0.2) is 53.3 Å². The van der Waals surface area contributed by atoms with Gasteiger partial charge in [-0.2, -0.15) is 11.8 Å². The van der Waals surface area contributed by atoms with Crippen molar-refractivity contribution in [3.63, 3.8) is 0 Å². The highest BCUT2D eigenvalue weighted by atomic mass is 32.2. The van der Waals surface area contributed by atoms with Crippen LogP contribution in [0.5, 0.6) is 0 Å². The number of nitrogens with zero attached hydrogens (tertiary/aromatic N) is 1. The molecule has 0 aliphatic carbocycles. The van der Waals surface area contributed by atoms with Gasteiger partial charge in [0.15, 0.2) is 0 Å². The Morgan fingerprint density at radius 2 is 2.10 bits per heavy atom. The molecule has 1 aliphatic heterocycles. The predicted molar refractivity (Wildman–Crippen MR) is 83.0 cm³/mol. The van der Waals surface area contributed by atoms with Crippen LogP contribution in [0.4, 0.5) is 10.1 Å². The molecular weight excluding hydrogens is 315 g/mol. The Kier molecular flexibility index (Phi) is 5.86. The summed E-state index contributed by atoms with van der Waals surface area (Å²) < 4.78 is 45.5. The lowest BCUT2D eigenvalue weighted by Gasteiger charge is -2.30. The van der Waals surface area contributed by atoms with E-state index in [2.05, 4.69) is 4.72 Å². The van der Waals surface area contributed by atoms with Crippen molar-refractivity contribution in [2.75, 3.05) is 49.8 Å². The number of benzene rings is 1. The van der Waals surface area contributed by atoms with E-state index in [1.54, 1.807) is 0 Å². The van der Waals surface area contributed by atoms with Crippen molar-refractivity contribution in [3.8, 4) is 0 Å². The first-order chi connectivity index (χ1) is 10.0. The molecular formula is C13H19FN2O3S2. The molecule has 0 unspecified atom stereocenters. The zero-order valence-electron chi connectivity index (χ0n) is 11.8. The lowest BCUT2D eigenvalue weighted by Crippen LogP contribution is -2.35. The molecule has 0 radical (unpaired) electrons. The highest BCUT2D eigenvalue weighted by Crippen LogP contribution is 2.28. The standard InChI is InChI=1S/C13H19FN2O3S2/c1-19-7-4-15-21(17,18)13-10-11(14)2-3-12(13)16-5-8-20-9-6-16/h2-3,10,15H,4-9H2,1H3. The number of methoxy groups -OCH3 is 1. The molecule has 1 aromatic carbocycles. The Labute approximate surface area is 128 Å². The average molecular weight is 334 g/mol. The number of ether oxygens (including phenoxy) is 1. The molecule has 0 bridgehead atoms. The minimum atomic E-state index is -3.75. The third-order valence-electron chi connectivity index (χ3n) is 3.16. The second-order valence-electron chi connectivity index (χ2n) is 4.60. The van der Waals surface area contributed by atoms with E-state index in [9.17, 15) is 12.8 Å². The van der Waals surface area contributed by atoms with Gasteiger partial charge in [0.25, 0.3) is 0 Å². The van der Waals surface area contributed by atoms with Crippen molar-refractivity contribution in [2.24, 2.45) is 0 Å². The Morgan fingerprint density at radius 3 is 2.76 bits per heavy atom. The molecule has 0 spiro atoms. The smallest absolute Gasteiger partial charge is 0.242 e. The van der Waals surface area contributed by atoms with Gasteiger partial charge in [0.1, 0.15) is 10.7 Å². The SMILES string of the molecule is COCCNS(=O)(=O)c1cc(F)ccc1N1CCSCC1. The fourth-order valence-electron chi connectivity index (χ4n) is 2.12. The highest BCUT2D eigenvalue weighted by molar-refractivity contribution is 7.99. The van der Waals surface area contributed by atoms with Gasteiger partial charge >= 0.3 is 0 Å². The molecule has 1 saturated heterocycles. The van der Waals surface area contributed by atoms with Gasteiger partial charge in [-0.25, -0.2) is 17.5 Å². The summed E-state index contributed by atoms with van der Waals surface area (Å²) >= 11 is 1.83. The predicted octanol–water partition coefficient (Wildman–Crippen LogP) is 1.30. The lowest BCUT2D eigenvalue weighted by molar-refractivity contribution is 0.204. The normalized spacial score (nSPS) is 16.2. The summed E-state index contributed by atoms with van der Waals surface area (Å²) in [6.07, 6.45) is 0. The third kappa shape index (κ3) is 4.32. The van der Waals surface area contributed by atoms with Gasteiger partial charge in [0, 0.05) is 38.2 Å². The first-order valence-electron chi connectivity index (χ1n) is 6.65. The molecule has 1 aliphatic rings. The maximum absolute atomic E-state index is 13.5. The molecule has 8 heteroatoms. The van der Waals surface area contributed by atoms with E-state index in [-0.39, 0.29) is 18.0 Å². The van der Waals surface area contributed by atoms with Gasteiger partial charge in [-0.05, 0) is 18.2 Å². The van der Waals surface area contributed by atoms with Crippen molar-refractivity contribution >= 4 is 27.5 Å². The van der Waals surface area contributed by atoms with E-state index in [1.807, 2.05) is 16.7 Å². The van der Waals surface area contributed by atoms with Crippen LogP contribution < -0.4 is 9.62 Å². The van der Waals surface area contributed by atoms with Gasteiger partial charge in [-0.15, -0.1) is 0 Å². The first kappa shape index (κ1) is 16.5. The summed E-state index contributed by atoms with van der Waals surface area (Å²) in [5.41, 5.74) is 0.557. The Morgan fingerprint density at radius 1 is 1.38 bits per heavy atom. The summed E-state index contributed by atoms with van der Waals surface area (Å²) in [6, 6.07) is 3.91. The number of hydrogen-bond acceptors (Lipinski definition) is 5. The van der Waals surface area contributed by atoms with Crippen LogP contribution in [0.3, 0.4) is 0 Å². The summed E-state index contributed by atoms with van der Waals surface area (Å²) in [6.45, 7) is 1.95. The third-order valence-corrected chi connectivity index (χ3v) is 5.59. The number of sulfonamides is 1. The molecule has 1 heterocycles. The van der Waals surface area contributed by atoms with E-state index in [1.165, 1.54) is 19.2 Å². The Bertz CT molecular complexity index is 575. The number of thioether (sulfide) groups is 1. The van der Waals surface area contributed by atoms with Gasteiger partial charge in [0.2, 0.25) is 10.0 Å². The van der Waals surface area contributed by atoms with Crippen LogP contribution in [0.15, 0.2) is 23.1 Å². The van der Waals surface area contributed by atoms with Crippen molar-refractivity contribution < 1.29 is 17.5 Å². The molecule has 0 amide bonds. The summed E-state index contributed by atoms with van der Waals surface area (Å²) in [5.74, 6) is 1.32. The summed E-state index contributed by atoms with van der Waals surface area (Å²) in [5, 5.41) is 0. The number of rotatable bonds is 6. The van der Waals surface area contributed by atoms with E-state index < -0.39 is 15.8 Å². The average Bonchev–Trinajstić information content (AvgIpc) is 2.48. The molecule has 1 N–H and O–H groups in total. The fraction of sp³-hybridized carbons (Fsp3) is 0.538. The van der Waals surface area contributed by atoms with Gasteiger partial charge in [-0.3, -0.25) is 0 Å². The van der Waals surface area contributed by atoms with E-state index in [0.29, 0.717) is 5.69 Å². The van der Waals surface area contributed by atoms with Crippen molar-refractivity contribution in [1.29, 1.82) is 0 Å². The molecule has 1 fully saturated rings. The molecule has 0 aromatic heterocycles. The highest BCUT2D eigenvalue weighted by Gasteiger charge is 2.23. The maximum Gasteiger partial charge on any atom is 0.242 e. The van der Waals surface area contributed by atoms with Crippen LogP contribution in [0, 0.1) is 5.82 Å². The topological polar surface area (TPSA) is 58.6 Å². The summed E-state index contributed by atoms with van der Waals surface area (Å²) in [4.78, 5) is 1.98. The molecule has 2 rings (SSSR count). The first-order valence-corrected chi connectivity index (χ1v) is 9.29. The van der Waals surface area contributed by atoms with Crippen LogP contribution in [0.1, 0.15) is 0 Å². The van der Waals surface area contributed by atoms with Crippen LogP contribution in [0.2, 0.25) is 0 Å². The van der Waals surface area contributed by atoms with Crippen LogP contribution >= 0.6 is 11.8 Å². The number of halogens is 1. The number of anilines is 1. The molecule has 1 aromatic rings. The Hall–Kier alpha value is -0.830. The maximum atomic E-state index is 13.5. The second kappa shape index (κ2) is 7.44. The monoisotopic (exact) mass is 334 g/mol. The van der Waals surface area contributed by atoms with Crippen molar-refractivity contribution in [1.82, 2.24) is 4.72 Å². The van der Waals surface area contributed by atoms with Crippen LogP contribution in [-0.2, 0) is 14.8 Å². The molecule has 0 saturated carbocycles. The Balaban J connectivity index is 2.30. The van der Waals surface area contributed by atoms with Gasteiger partial charge in [0.05, 0.1) is 12.3 Å². The largest absolute Gasteiger partial charge is 0.383 e. The summed E-state index contributed by atoms with van der Waals surface area (Å²) in [7, 11) is -2.26. The fourth-order valence-corrected chi connectivity index (χ4v) is 4.28. The van der Waals surface area contributed by atoms with E-state index in [0.717, 1.165) is 30.7 Å². The zero-order chi connectivity index (χ0) is 15.3. The van der Waals surface area contributed by atoms with Gasteiger partial charge in [-0.1, -0.05) is 0 Å². The van der Waals surface area contributed by atoms with E-state index in [4.69, 9.17) is 4.74 Å². The van der Waals surface area contributed by atoms with Crippen molar-refractivity contribution in [2.45, 2.75) is 4.90 Å². The quantitative estimate of drug-likeness (QED) is 0.795. The number of hydrogen-bond donors (Lipinski definition) is 1. The minimum Gasteiger partial charge on any atom is -0.383 e. The molecule has 5 nitrogen and oxygen atoms in total. The number of nitrogens with one attached hydrogen (secondary N) is 1. The minimum absolute atomic E-state index is 0.00879.